The van der Waals surface area contributed by atoms with Crippen LogP contribution < -0.4 is 5.32 Å². The molecule has 0 aliphatic heterocycles. The van der Waals surface area contributed by atoms with E-state index in [-0.39, 0.29) is 5.91 Å². The van der Waals surface area contributed by atoms with Gasteiger partial charge < -0.3 is 5.32 Å². The number of amides is 1. The van der Waals surface area contributed by atoms with E-state index < -0.39 is 0 Å². The van der Waals surface area contributed by atoms with Gasteiger partial charge in [-0.2, -0.15) is 0 Å². The highest BCUT2D eigenvalue weighted by atomic mass is 16.1. The summed E-state index contributed by atoms with van der Waals surface area (Å²) in [6.07, 6.45) is 4.30. The second-order valence-electron chi connectivity index (χ2n) is 4.23. The summed E-state index contributed by atoms with van der Waals surface area (Å²) in [5.41, 5.74) is 1.22. The molecule has 16 heavy (non-hydrogen) atoms. The Balaban J connectivity index is 2.29. The van der Waals surface area contributed by atoms with Crippen LogP contribution in [-0.2, 0) is 11.2 Å². The van der Waals surface area contributed by atoms with Crippen molar-refractivity contribution in [2.75, 3.05) is 6.54 Å². The minimum atomic E-state index is -0.00960. The summed E-state index contributed by atoms with van der Waals surface area (Å²) in [6, 6.07) is 10.1. The van der Waals surface area contributed by atoms with Gasteiger partial charge in [-0.1, -0.05) is 50.3 Å². The average Bonchev–Trinajstić information content (AvgIpc) is 2.28. The maximum atomic E-state index is 11.3. The number of carbonyl (C=O) groups excluding carboxylic acids is 1. The first-order chi connectivity index (χ1) is 7.68. The number of nitrogens with one attached hydrogen (secondary N) is 1. The normalized spacial score (nSPS) is 10.9. The second kappa shape index (κ2) is 6.83. The molecule has 86 valence electrons. The van der Waals surface area contributed by atoms with Crippen LogP contribution in [0.5, 0.6) is 0 Å². The lowest BCUT2D eigenvalue weighted by Gasteiger charge is -2.04. The number of hydrogen-bond acceptors (Lipinski definition) is 1. The fourth-order valence-electron chi connectivity index (χ4n) is 1.28. The molecular formula is C14H19NO. The van der Waals surface area contributed by atoms with E-state index >= 15 is 0 Å². The molecule has 1 aromatic rings. The summed E-state index contributed by atoms with van der Waals surface area (Å²) in [7, 11) is 0. The minimum absolute atomic E-state index is 0.00960. The van der Waals surface area contributed by atoms with Crippen LogP contribution in [-0.4, -0.2) is 12.5 Å². The second-order valence-corrected chi connectivity index (χ2v) is 4.23. The zero-order valence-corrected chi connectivity index (χ0v) is 9.94. The van der Waals surface area contributed by atoms with Crippen LogP contribution in [0.15, 0.2) is 42.5 Å². The van der Waals surface area contributed by atoms with Gasteiger partial charge >= 0.3 is 0 Å². The third kappa shape index (κ3) is 5.35. The first-order valence-electron chi connectivity index (χ1n) is 5.67. The predicted molar refractivity (Wildman–Crippen MR) is 67.1 cm³/mol. The van der Waals surface area contributed by atoms with E-state index in [1.54, 1.807) is 6.08 Å². The Morgan fingerprint density at radius 2 is 2.00 bits per heavy atom. The zero-order chi connectivity index (χ0) is 11.8. The molecule has 0 saturated heterocycles. The average molecular weight is 217 g/mol. The van der Waals surface area contributed by atoms with Gasteiger partial charge in [-0.15, -0.1) is 0 Å². The van der Waals surface area contributed by atoms with E-state index in [9.17, 15) is 4.79 Å². The van der Waals surface area contributed by atoms with E-state index in [1.165, 1.54) is 5.56 Å². The van der Waals surface area contributed by atoms with Crippen molar-refractivity contribution < 1.29 is 4.79 Å². The molecule has 0 fully saturated rings. The van der Waals surface area contributed by atoms with Crippen LogP contribution in [0.3, 0.4) is 0 Å². The Labute approximate surface area is 97.4 Å². The first-order valence-corrected chi connectivity index (χ1v) is 5.67. The number of hydrogen-bond donors (Lipinski definition) is 1. The molecule has 0 heterocycles. The lowest BCUT2D eigenvalue weighted by atomic mass is 10.1. The molecule has 1 aromatic carbocycles. The number of benzene rings is 1. The molecule has 0 aliphatic carbocycles. The Morgan fingerprint density at radius 3 is 2.62 bits per heavy atom. The summed E-state index contributed by atoms with van der Waals surface area (Å²) in [5, 5.41) is 2.84. The van der Waals surface area contributed by atoms with Gasteiger partial charge in [-0.3, -0.25) is 4.79 Å². The molecule has 0 aliphatic rings. The standard InChI is InChI=1S/C14H19NO/c1-12(2)11-15-14(16)10-6-9-13-7-4-3-5-8-13/h3-8,10,12H,9,11H2,1-2H3,(H,15,16). The molecule has 0 radical (unpaired) electrons. The Morgan fingerprint density at radius 1 is 1.31 bits per heavy atom. The van der Waals surface area contributed by atoms with Crippen molar-refractivity contribution >= 4 is 5.91 Å². The Kier molecular flexibility index (Phi) is 5.34. The summed E-state index contributed by atoms with van der Waals surface area (Å²) >= 11 is 0. The quantitative estimate of drug-likeness (QED) is 0.755. The fourth-order valence-corrected chi connectivity index (χ4v) is 1.28. The van der Waals surface area contributed by atoms with Crippen LogP contribution in [0.2, 0.25) is 0 Å². The van der Waals surface area contributed by atoms with Crippen LogP contribution in [0.25, 0.3) is 0 Å². The van der Waals surface area contributed by atoms with E-state index in [4.69, 9.17) is 0 Å². The van der Waals surface area contributed by atoms with Crippen LogP contribution >= 0.6 is 0 Å². The molecule has 0 atom stereocenters. The topological polar surface area (TPSA) is 29.1 Å². The molecule has 0 unspecified atom stereocenters. The summed E-state index contributed by atoms with van der Waals surface area (Å²) in [5.74, 6) is 0.483. The monoisotopic (exact) mass is 217 g/mol. The summed E-state index contributed by atoms with van der Waals surface area (Å²) in [6.45, 7) is 4.89. The highest BCUT2D eigenvalue weighted by Gasteiger charge is 1.96. The highest BCUT2D eigenvalue weighted by Crippen LogP contribution is 1.99. The molecule has 1 rings (SSSR count). The number of carbonyl (C=O) groups is 1. The van der Waals surface area contributed by atoms with E-state index in [0.29, 0.717) is 5.92 Å². The molecule has 0 spiro atoms. The van der Waals surface area contributed by atoms with Gasteiger partial charge in [-0.25, -0.2) is 0 Å². The van der Waals surface area contributed by atoms with E-state index in [2.05, 4.69) is 31.3 Å². The SMILES string of the molecule is CC(C)CNC(=O)C=CCc1ccccc1. The molecule has 0 saturated carbocycles. The lowest BCUT2D eigenvalue weighted by molar-refractivity contribution is -0.116. The number of rotatable bonds is 5. The van der Waals surface area contributed by atoms with Crippen molar-refractivity contribution in [1.82, 2.24) is 5.32 Å². The van der Waals surface area contributed by atoms with Gasteiger partial charge in [0.1, 0.15) is 0 Å². The van der Waals surface area contributed by atoms with Crippen LogP contribution in [0, 0.1) is 5.92 Å². The smallest absolute Gasteiger partial charge is 0.243 e. The van der Waals surface area contributed by atoms with Gasteiger partial charge in [0.25, 0.3) is 0 Å². The van der Waals surface area contributed by atoms with Crippen molar-refractivity contribution in [2.45, 2.75) is 20.3 Å². The van der Waals surface area contributed by atoms with Gasteiger partial charge in [0.05, 0.1) is 0 Å². The molecule has 1 N–H and O–H groups in total. The third-order valence-corrected chi connectivity index (χ3v) is 2.15. The molecule has 2 heteroatoms. The molecule has 0 bridgehead atoms. The molecule has 1 amide bonds. The minimum Gasteiger partial charge on any atom is -0.352 e. The lowest BCUT2D eigenvalue weighted by Crippen LogP contribution is -2.25. The van der Waals surface area contributed by atoms with Gasteiger partial charge in [0.2, 0.25) is 5.91 Å². The van der Waals surface area contributed by atoms with Crippen LogP contribution in [0.1, 0.15) is 19.4 Å². The van der Waals surface area contributed by atoms with Gasteiger partial charge in [-0.05, 0) is 24.0 Å². The van der Waals surface area contributed by atoms with Gasteiger partial charge in [0.15, 0.2) is 0 Å². The van der Waals surface area contributed by atoms with E-state index in [0.717, 1.165) is 13.0 Å². The Bertz CT molecular complexity index is 341. The van der Waals surface area contributed by atoms with Crippen molar-refractivity contribution in [3.63, 3.8) is 0 Å². The predicted octanol–water partition coefficient (Wildman–Crippen LogP) is 2.56. The molecule has 0 aromatic heterocycles. The Hall–Kier alpha value is -1.57. The number of allylic oxidation sites excluding steroid dienone is 1. The first kappa shape index (κ1) is 12.5. The molecule has 2 nitrogen and oxygen atoms in total. The zero-order valence-electron chi connectivity index (χ0n) is 9.94. The fraction of sp³-hybridized carbons (Fsp3) is 0.357. The van der Waals surface area contributed by atoms with Crippen molar-refractivity contribution in [3.05, 3.63) is 48.0 Å². The van der Waals surface area contributed by atoms with Crippen LogP contribution in [0.4, 0.5) is 0 Å². The van der Waals surface area contributed by atoms with Crippen molar-refractivity contribution in [3.8, 4) is 0 Å². The van der Waals surface area contributed by atoms with Crippen molar-refractivity contribution in [1.29, 1.82) is 0 Å². The largest absolute Gasteiger partial charge is 0.352 e. The summed E-state index contributed by atoms with van der Waals surface area (Å²) in [4.78, 5) is 11.3. The maximum absolute atomic E-state index is 11.3. The van der Waals surface area contributed by atoms with Crippen molar-refractivity contribution in [2.24, 2.45) is 5.92 Å². The maximum Gasteiger partial charge on any atom is 0.243 e. The van der Waals surface area contributed by atoms with E-state index in [1.807, 2.05) is 24.3 Å². The third-order valence-electron chi connectivity index (χ3n) is 2.15. The summed E-state index contributed by atoms with van der Waals surface area (Å²) < 4.78 is 0. The highest BCUT2D eigenvalue weighted by molar-refractivity contribution is 5.87. The van der Waals surface area contributed by atoms with Gasteiger partial charge in [0, 0.05) is 6.54 Å². The molecular weight excluding hydrogens is 198 g/mol.